The Morgan fingerprint density at radius 1 is 1.29 bits per heavy atom. The number of ether oxygens (including phenoxy) is 1. The van der Waals surface area contributed by atoms with Crippen molar-refractivity contribution >= 4 is 17.3 Å². The number of anilines is 1. The van der Waals surface area contributed by atoms with E-state index < -0.39 is 28.0 Å². The molecular formula is C15H13F2N3O4. The molecule has 7 nitrogen and oxygen atoms in total. The third-order valence-corrected chi connectivity index (χ3v) is 3.27. The maximum atomic E-state index is 13.8. The minimum absolute atomic E-state index is 0.0500. The highest BCUT2D eigenvalue weighted by atomic mass is 19.1. The van der Waals surface area contributed by atoms with Crippen molar-refractivity contribution in [3.8, 4) is 5.75 Å². The number of non-ortho nitro benzene ring substituents is 1. The number of halogens is 2. The van der Waals surface area contributed by atoms with Crippen LogP contribution < -0.4 is 15.8 Å². The first-order chi connectivity index (χ1) is 11.3. The Balaban J connectivity index is 2.31. The molecule has 0 heterocycles. The summed E-state index contributed by atoms with van der Waals surface area (Å²) < 4.78 is 32.3. The number of primary amides is 1. The lowest BCUT2D eigenvalue weighted by Gasteiger charge is -2.12. The number of methoxy groups -OCH3 is 1. The van der Waals surface area contributed by atoms with Gasteiger partial charge in [-0.05, 0) is 12.1 Å². The third kappa shape index (κ3) is 3.57. The van der Waals surface area contributed by atoms with Crippen LogP contribution in [0.25, 0.3) is 0 Å². The number of carbonyl (C=O) groups is 1. The smallest absolute Gasteiger partial charge is 0.270 e. The van der Waals surface area contributed by atoms with Gasteiger partial charge >= 0.3 is 0 Å². The number of nitrogens with zero attached hydrogens (tertiary/aromatic N) is 1. The average molecular weight is 337 g/mol. The lowest BCUT2D eigenvalue weighted by atomic mass is 10.1. The van der Waals surface area contributed by atoms with Gasteiger partial charge in [-0.2, -0.15) is 0 Å². The number of carbonyl (C=O) groups excluding carboxylic acids is 1. The minimum Gasteiger partial charge on any atom is -0.496 e. The standard InChI is InChI=1S/C15H13F2N3O4/c1-24-14-3-2-9(20(22)23)4-8(14)7-19-13-5-10(15(18)21)11(16)6-12(13)17/h2-6,19H,7H2,1H3,(H2,18,21). The van der Waals surface area contributed by atoms with Crippen LogP contribution in [0.5, 0.6) is 5.75 Å². The Hall–Kier alpha value is -3.23. The van der Waals surface area contributed by atoms with Crippen molar-refractivity contribution in [2.45, 2.75) is 6.54 Å². The fraction of sp³-hybridized carbons (Fsp3) is 0.133. The molecule has 0 fully saturated rings. The van der Waals surface area contributed by atoms with Crippen LogP contribution in [0, 0.1) is 21.7 Å². The maximum Gasteiger partial charge on any atom is 0.270 e. The summed E-state index contributed by atoms with van der Waals surface area (Å²) in [5, 5.41) is 13.5. The lowest BCUT2D eigenvalue weighted by molar-refractivity contribution is -0.384. The van der Waals surface area contributed by atoms with Crippen LogP contribution in [-0.4, -0.2) is 17.9 Å². The molecule has 0 radical (unpaired) electrons. The van der Waals surface area contributed by atoms with E-state index in [2.05, 4.69) is 5.32 Å². The van der Waals surface area contributed by atoms with Crippen LogP contribution in [0.1, 0.15) is 15.9 Å². The molecule has 0 unspecified atom stereocenters. The highest BCUT2D eigenvalue weighted by Crippen LogP contribution is 2.26. The van der Waals surface area contributed by atoms with Crippen LogP contribution in [-0.2, 0) is 6.54 Å². The summed E-state index contributed by atoms with van der Waals surface area (Å²) in [6.45, 7) is -0.0500. The van der Waals surface area contributed by atoms with Crippen LogP contribution in [0.4, 0.5) is 20.2 Å². The molecule has 126 valence electrons. The summed E-state index contributed by atoms with van der Waals surface area (Å²) >= 11 is 0. The molecule has 0 atom stereocenters. The number of nitro benzene ring substituents is 1. The molecule has 1 amide bonds. The molecule has 0 bridgehead atoms. The molecule has 24 heavy (non-hydrogen) atoms. The number of rotatable bonds is 6. The molecule has 0 aliphatic carbocycles. The van der Waals surface area contributed by atoms with E-state index in [0.29, 0.717) is 17.4 Å². The van der Waals surface area contributed by atoms with Gasteiger partial charge in [0, 0.05) is 30.3 Å². The van der Waals surface area contributed by atoms with E-state index in [0.717, 1.165) is 6.07 Å². The maximum absolute atomic E-state index is 13.8. The molecule has 0 saturated carbocycles. The zero-order valence-corrected chi connectivity index (χ0v) is 12.5. The molecule has 0 saturated heterocycles. The number of hydrogen-bond acceptors (Lipinski definition) is 5. The normalized spacial score (nSPS) is 10.3. The van der Waals surface area contributed by atoms with Crippen LogP contribution >= 0.6 is 0 Å². The SMILES string of the molecule is COc1ccc([N+](=O)[O-])cc1CNc1cc(C(N)=O)c(F)cc1F. The fourth-order valence-electron chi connectivity index (χ4n) is 2.08. The number of nitrogens with one attached hydrogen (secondary N) is 1. The van der Waals surface area contributed by atoms with E-state index in [4.69, 9.17) is 10.5 Å². The van der Waals surface area contributed by atoms with Gasteiger partial charge in [0.15, 0.2) is 0 Å². The second kappa shape index (κ2) is 6.90. The number of hydrogen-bond donors (Lipinski definition) is 2. The van der Waals surface area contributed by atoms with Gasteiger partial charge in [-0.15, -0.1) is 0 Å². The van der Waals surface area contributed by atoms with E-state index in [1.54, 1.807) is 0 Å². The van der Waals surface area contributed by atoms with Crippen LogP contribution in [0.3, 0.4) is 0 Å². The highest BCUT2D eigenvalue weighted by molar-refractivity contribution is 5.94. The second-order valence-electron chi connectivity index (χ2n) is 4.78. The Kier molecular flexibility index (Phi) is 4.93. The Morgan fingerprint density at radius 3 is 2.58 bits per heavy atom. The van der Waals surface area contributed by atoms with Gasteiger partial charge in [0.2, 0.25) is 0 Å². The summed E-state index contributed by atoms with van der Waals surface area (Å²) in [6.07, 6.45) is 0. The van der Waals surface area contributed by atoms with Crippen molar-refractivity contribution in [1.82, 2.24) is 0 Å². The van der Waals surface area contributed by atoms with Crippen molar-refractivity contribution in [2.24, 2.45) is 5.73 Å². The molecule has 0 aromatic heterocycles. The van der Waals surface area contributed by atoms with Crippen molar-refractivity contribution in [1.29, 1.82) is 0 Å². The fourth-order valence-corrected chi connectivity index (χ4v) is 2.08. The summed E-state index contributed by atoms with van der Waals surface area (Å²) in [5.41, 5.74) is 4.60. The molecule has 2 rings (SSSR count). The molecule has 0 aliphatic rings. The largest absolute Gasteiger partial charge is 0.496 e. The predicted octanol–water partition coefficient (Wildman–Crippen LogP) is 2.59. The first-order valence-electron chi connectivity index (χ1n) is 6.67. The summed E-state index contributed by atoms with van der Waals surface area (Å²) in [5.74, 6) is -2.69. The van der Waals surface area contributed by atoms with Crippen molar-refractivity contribution in [3.63, 3.8) is 0 Å². The Labute approximate surface area is 135 Å². The van der Waals surface area contributed by atoms with Gasteiger partial charge in [-0.1, -0.05) is 0 Å². The number of amides is 1. The third-order valence-electron chi connectivity index (χ3n) is 3.27. The number of nitro groups is 1. The van der Waals surface area contributed by atoms with Gasteiger partial charge in [-0.25, -0.2) is 8.78 Å². The highest BCUT2D eigenvalue weighted by Gasteiger charge is 2.15. The molecular weight excluding hydrogens is 324 g/mol. The summed E-state index contributed by atoms with van der Waals surface area (Å²) in [4.78, 5) is 21.4. The van der Waals surface area contributed by atoms with Crippen LogP contribution in [0.2, 0.25) is 0 Å². The van der Waals surface area contributed by atoms with E-state index >= 15 is 0 Å². The molecule has 0 spiro atoms. The van der Waals surface area contributed by atoms with Crippen molar-refractivity contribution in [3.05, 3.63) is 63.2 Å². The van der Waals surface area contributed by atoms with E-state index in [-0.39, 0.29) is 17.9 Å². The second-order valence-corrected chi connectivity index (χ2v) is 4.78. The Morgan fingerprint density at radius 2 is 2.00 bits per heavy atom. The predicted molar refractivity (Wildman–Crippen MR) is 81.9 cm³/mol. The molecule has 0 aliphatic heterocycles. The van der Waals surface area contributed by atoms with E-state index in [1.165, 1.54) is 25.3 Å². The zero-order chi connectivity index (χ0) is 17.9. The van der Waals surface area contributed by atoms with E-state index in [1.807, 2.05) is 0 Å². The summed E-state index contributed by atoms with van der Waals surface area (Å²) in [6, 6.07) is 5.42. The van der Waals surface area contributed by atoms with Crippen LogP contribution in [0.15, 0.2) is 30.3 Å². The van der Waals surface area contributed by atoms with Crippen molar-refractivity contribution in [2.75, 3.05) is 12.4 Å². The molecule has 2 aromatic rings. The van der Waals surface area contributed by atoms with Gasteiger partial charge in [0.1, 0.15) is 17.4 Å². The monoisotopic (exact) mass is 337 g/mol. The van der Waals surface area contributed by atoms with E-state index in [9.17, 15) is 23.7 Å². The van der Waals surface area contributed by atoms with Gasteiger partial charge in [0.25, 0.3) is 11.6 Å². The first-order valence-corrected chi connectivity index (χ1v) is 6.67. The van der Waals surface area contributed by atoms with Gasteiger partial charge in [0.05, 0.1) is 23.3 Å². The molecule has 2 aromatic carbocycles. The number of nitrogens with two attached hydrogens (primary N) is 1. The topological polar surface area (TPSA) is 107 Å². The van der Waals surface area contributed by atoms with Crippen molar-refractivity contribution < 1.29 is 23.2 Å². The lowest BCUT2D eigenvalue weighted by Crippen LogP contribution is -2.14. The van der Waals surface area contributed by atoms with Gasteiger partial charge < -0.3 is 15.8 Å². The minimum atomic E-state index is -1.07. The summed E-state index contributed by atoms with van der Waals surface area (Å²) in [7, 11) is 1.38. The molecule has 3 N–H and O–H groups in total. The Bertz CT molecular complexity index is 812. The molecule has 9 heteroatoms. The zero-order valence-electron chi connectivity index (χ0n) is 12.5. The number of benzene rings is 2. The first kappa shape index (κ1) is 17.1. The average Bonchev–Trinajstić information content (AvgIpc) is 2.53. The van der Waals surface area contributed by atoms with Gasteiger partial charge in [-0.3, -0.25) is 14.9 Å². The quantitative estimate of drug-likeness (QED) is 0.622.